The Balaban J connectivity index is 3.83. The van der Waals surface area contributed by atoms with E-state index in [1.165, 1.54) is 0 Å². The summed E-state index contributed by atoms with van der Waals surface area (Å²) in [5, 5.41) is 0.235. The molecule has 0 spiro atoms. The largest absolute Gasteiger partial charge is 0.242 e. The second-order valence-electron chi connectivity index (χ2n) is 3.53. The normalized spacial score (nSPS) is 14.9. The zero-order chi connectivity index (χ0) is 9.02. The van der Waals surface area contributed by atoms with Crippen LogP contribution in [0.2, 0.25) is 0 Å². The van der Waals surface area contributed by atoms with E-state index >= 15 is 0 Å². The Morgan fingerprint density at radius 1 is 1.27 bits per heavy atom. The first-order valence-electron chi connectivity index (χ1n) is 4.07. The van der Waals surface area contributed by atoms with Crippen LogP contribution in [0.15, 0.2) is 0 Å². The average Bonchev–Trinajstić information content (AvgIpc) is 1.84. The highest BCUT2D eigenvalue weighted by Crippen LogP contribution is 2.03. The van der Waals surface area contributed by atoms with Gasteiger partial charge in [-0.15, -0.1) is 0 Å². The highest BCUT2D eigenvalue weighted by molar-refractivity contribution is 7.83. The van der Waals surface area contributed by atoms with Crippen LogP contribution >= 0.6 is 0 Å². The summed E-state index contributed by atoms with van der Waals surface area (Å²) in [7, 11) is 1.11. The summed E-state index contributed by atoms with van der Waals surface area (Å²) >= 11 is 0. The number of hydrogen-bond donors (Lipinski definition) is 0. The molecule has 0 fully saturated rings. The molecule has 0 radical (unpaired) electrons. The van der Waals surface area contributed by atoms with Gasteiger partial charge in [-0.3, -0.25) is 0 Å². The van der Waals surface area contributed by atoms with Gasteiger partial charge < -0.3 is 0 Å². The summed E-state index contributed by atoms with van der Waals surface area (Å²) < 4.78 is 13.3. The molecule has 0 aliphatic rings. The van der Waals surface area contributed by atoms with Crippen LogP contribution in [0, 0.1) is 5.92 Å². The van der Waals surface area contributed by atoms with E-state index in [-0.39, 0.29) is 5.25 Å². The predicted molar refractivity (Wildman–Crippen MR) is 50.7 cm³/mol. The first kappa shape index (κ1) is 11.1. The maximum absolute atomic E-state index is 11.4. The van der Waals surface area contributed by atoms with Gasteiger partial charge >= 0.3 is 0 Å². The number of rotatable bonds is 4. The van der Waals surface area contributed by atoms with Crippen molar-refractivity contribution in [2.75, 3.05) is 13.6 Å². The molecule has 0 aromatic carbocycles. The summed E-state index contributed by atoms with van der Waals surface area (Å²) in [6.45, 7) is 9.13. The Kier molecular flexibility index (Phi) is 4.93. The molecular weight excluding hydrogens is 158 g/mol. The fourth-order valence-electron chi connectivity index (χ4n) is 0.948. The van der Waals surface area contributed by atoms with Crippen molar-refractivity contribution in [2.24, 2.45) is 5.92 Å². The van der Waals surface area contributed by atoms with Crippen molar-refractivity contribution in [3.63, 3.8) is 0 Å². The molecule has 0 aromatic heterocycles. The zero-order valence-electron chi connectivity index (χ0n) is 8.13. The third-order valence-corrected chi connectivity index (χ3v) is 2.90. The Bertz CT molecular complexity index is 134. The Morgan fingerprint density at radius 3 is 2.00 bits per heavy atom. The van der Waals surface area contributed by atoms with Crippen molar-refractivity contribution < 1.29 is 4.21 Å². The van der Waals surface area contributed by atoms with Crippen molar-refractivity contribution in [2.45, 2.75) is 32.9 Å². The molecule has 2 nitrogen and oxygen atoms in total. The molecule has 1 unspecified atom stereocenters. The van der Waals surface area contributed by atoms with E-state index in [4.69, 9.17) is 0 Å². The smallest absolute Gasteiger partial charge is 0.0966 e. The molecule has 0 rings (SSSR count). The second kappa shape index (κ2) is 4.88. The Hall–Kier alpha value is 0.110. The standard InChI is InChI=1S/C8H19NOS/c1-7(2)6-9(5)11(10)8(3)4/h7-8H,6H2,1-5H3. The lowest BCUT2D eigenvalue weighted by atomic mass is 10.2. The number of nitrogens with zero attached hydrogens (tertiary/aromatic N) is 1. The molecule has 1 atom stereocenters. The molecule has 3 heteroatoms. The molecule has 0 amide bonds. The molecule has 68 valence electrons. The summed E-state index contributed by atoms with van der Waals surface area (Å²) in [6.07, 6.45) is 0. The van der Waals surface area contributed by atoms with Crippen LogP contribution < -0.4 is 0 Å². The van der Waals surface area contributed by atoms with Crippen LogP contribution in [0.25, 0.3) is 0 Å². The molecular formula is C8H19NOS. The van der Waals surface area contributed by atoms with Crippen LogP contribution in [-0.4, -0.2) is 27.4 Å². The van der Waals surface area contributed by atoms with Gasteiger partial charge in [0, 0.05) is 11.8 Å². The minimum absolute atomic E-state index is 0.235. The molecule has 0 saturated carbocycles. The SMILES string of the molecule is CC(C)CN(C)S(=O)C(C)C. The zero-order valence-corrected chi connectivity index (χ0v) is 8.94. The van der Waals surface area contributed by atoms with E-state index in [1.807, 2.05) is 25.2 Å². The van der Waals surface area contributed by atoms with E-state index in [2.05, 4.69) is 13.8 Å². The van der Waals surface area contributed by atoms with E-state index in [0.29, 0.717) is 5.92 Å². The molecule has 0 aliphatic heterocycles. The highest BCUT2D eigenvalue weighted by Gasteiger charge is 2.12. The minimum atomic E-state index is -0.804. The van der Waals surface area contributed by atoms with E-state index < -0.39 is 11.0 Å². The van der Waals surface area contributed by atoms with Crippen LogP contribution in [0.3, 0.4) is 0 Å². The van der Waals surface area contributed by atoms with Crippen LogP contribution in [0.5, 0.6) is 0 Å². The first-order chi connectivity index (χ1) is 4.95. The summed E-state index contributed by atoms with van der Waals surface area (Å²) in [6, 6.07) is 0. The summed E-state index contributed by atoms with van der Waals surface area (Å²) in [5.41, 5.74) is 0. The van der Waals surface area contributed by atoms with Gasteiger partial charge in [-0.25, -0.2) is 8.51 Å². The molecule has 11 heavy (non-hydrogen) atoms. The minimum Gasteiger partial charge on any atom is -0.242 e. The van der Waals surface area contributed by atoms with Gasteiger partial charge in [0.15, 0.2) is 0 Å². The topological polar surface area (TPSA) is 20.3 Å². The lowest BCUT2D eigenvalue weighted by Crippen LogP contribution is -2.30. The maximum Gasteiger partial charge on any atom is 0.0966 e. The average molecular weight is 177 g/mol. The van der Waals surface area contributed by atoms with Gasteiger partial charge in [-0.2, -0.15) is 0 Å². The van der Waals surface area contributed by atoms with Gasteiger partial charge in [-0.05, 0) is 26.8 Å². The highest BCUT2D eigenvalue weighted by atomic mass is 32.2. The molecule has 0 heterocycles. The van der Waals surface area contributed by atoms with Gasteiger partial charge in [0.05, 0.1) is 11.0 Å². The van der Waals surface area contributed by atoms with E-state index in [0.717, 1.165) is 6.54 Å². The van der Waals surface area contributed by atoms with Crippen LogP contribution in [0.1, 0.15) is 27.7 Å². The van der Waals surface area contributed by atoms with Crippen LogP contribution in [-0.2, 0) is 11.0 Å². The number of hydrogen-bond acceptors (Lipinski definition) is 1. The van der Waals surface area contributed by atoms with Gasteiger partial charge in [0.25, 0.3) is 0 Å². The molecule has 0 aliphatic carbocycles. The molecule has 0 aromatic rings. The van der Waals surface area contributed by atoms with Crippen molar-refractivity contribution in [1.82, 2.24) is 4.31 Å². The van der Waals surface area contributed by atoms with Gasteiger partial charge in [0.2, 0.25) is 0 Å². The third-order valence-electron chi connectivity index (χ3n) is 1.33. The van der Waals surface area contributed by atoms with Gasteiger partial charge in [-0.1, -0.05) is 13.8 Å². The summed E-state index contributed by atoms with van der Waals surface area (Å²) in [4.78, 5) is 0. The Labute approximate surface area is 72.6 Å². The molecule has 0 saturated heterocycles. The fourth-order valence-corrected chi connectivity index (χ4v) is 2.11. The second-order valence-corrected chi connectivity index (χ2v) is 5.65. The maximum atomic E-state index is 11.4. The lowest BCUT2D eigenvalue weighted by Gasteiger charge is -2.19. The van der Waals surface area contributed by atoms with Crippen molar-refractivity contribution in [3.8, 4) is 0 Å². The fraction of sp³-hybridized carbons (Fsp3) is 1.00. The van der Waals surface area contributed by atoms with E-state index in [1.54, 1.807) is 0 Å². The van der Waals surface area contributed by atoms with Crippen molar-refractivity contribution >= 4 is 11.0 Å². The van der Waals surface area contributed by atoms with Crippen LogP contribution in [0.4, 0.5) is 0 Å². The first-order valence-corrected chi connectivity index (χ1v) is 5.24. The predicted octanol–water partition coefficient (Wildman–Crippen LogP) is 1.65. The quantitative estimate of drug-likeness (QED) is 0.639. The molecule has 0 N–H and O–H groups in total. The van der Waals surface area contributed by atoms with Gasteiger partial charge in [0.1, 0.15) is 0 Å². The molecule has 0 bridgehead atoms. The third kappa shape index (κ3) is 4.53. The Morgan fingerprint density at radius 2 is 1.73 bits per heavy atom. The van der Waals surface area contributed by atoms with Crippen molar-refractivity contribution in [1.29, 1.82) is 0 Å². The lowest BCUT2D eigenvalue weighted by molar-refractivity contribution is 0.443. The van der Waals surface area contributed by atoms with E-state index in [9.17, 15) is 4.21 Å². The summed E-state index contributed by atoms with van der Waals surface area (Å²) in [5.74, 6) is 0.586. The van der Waals surface area contributed by atoms with Crippen molar-refractivity contribution in [3.05, 3.63) is 0 Å². The monoisotopic (exact) mass is 177 g/mol.